The van der Waals surface area contributed by atoms with Crippen LogP contribution >= 0.6 is 0 Å². The average Bonchev–Trinajstić information content (AvgIpc) is 3.59. The number of nitrogens with one attached hydrogen (secondary N) is 3. The molecule has 1 saturated heterocycles. The first-order valence-electron chi connectivity index (χ1n) is 13.5. The Bertz CT molecular complexity index is 1180. The number of aromatic nitrogens is 1. The standard InChI is InChI=1S/C26H34N10O3.C2H6/c1-18(36(16-30-31-17-37)19(2)26(39)34(4)9-8-27)25(38)33-24-7-5-6-23(32-24)22(11-28-3)12-29-15-35-13-20-10-21(20)14-35;1-2/h5-7,11-12,17-18,20-21,30H,2-3,9-10,13-16H2,1,4H3,(H,31,37)(H,32,33,38);1-2H3/b22-11+,29-12-;. The zero-order valence-corrected chi connectivity index (χ0v) is 24.2. The SMILES string of the molecule is C=N/C=C(\C=N/CN1CC2CC2C1)c1cccc(NC(=O)C(C)N(CNNC=O)C(=C)C(=O)N(C)CC#N)n1.CC. The highest BCUT2D eigenvalue weighted by atomic mass is 16.2. The number of piperidine rings is 1. The van der Waals surface area contributed by atoms with E-state index in [9.17, 15) is 14.4 Å². The number of allylic oxidation sites excluding steroid dienone is 1. The van der Waals surface area contributed by atoms with Gasteiger partial charge in [-0.1, -0.05) is 26.5 Å². The zero-order valence-electron chi connectivity index (χ0n) is 24.2. The Morgan fingerprint density at radius 2 is 2.02 bits per heavy atom. The first-order chi connectivity index (χ1) is 19.8. The molecule has 13 heteroatoms. The van der Waals surface area contributed by atoms with Gasteiger partial charge in [0.25, 0.3) is 5.91 Å². The molecule has 0 aromatic carbocycles. The normalized spacial score (nSPS) is 18.2. The highest BCUT2D eigenvalue weighted by Gasteiger charge is 2.44. The fourth-order valence-electron chi connectivity index (χ4n) is 4.33. The molecule has 1 aromatic heterocycles. The van der Waals surface area contributed by atoms with E-state index in [-0.39, 0.29) is 24.7 Å². The summed E-state index contributed by atoms with van der Waals surface area (Å²) in [6, 6.07) is 6.15. The Hall–Kier alpha value is -4.41. The lowest BCUT2D eigenvalue weighted by molar-refractivity contribution is -0.128. The van der Waals surface area contributed by atoms with Crippen molar-refractivity contribution < 1.29 is 14.4 Å². The van der Waals surface area contributed by atoms with Gasteiger partial charge in [-0.05, 0) is 44.0 Å². The van der Waals surface area contributed by atoms with Crippen LogP contribution < -0.4 is 16.2 Å². The van der Waals surface area contributed by atoms with Crippen molar-refractivity contribution in [1.29, 1.82) is 5.26 Å². The summed E-state index contributed by atoms with van der Waals surface area (Å²) < 4.78 is 0. The molecule has 1 saturated carbocycles. The summed E-state index contributed by atoms with van der Waals surface area (Å²) >= 11 is 0. The first-order valence-corrected chi connectivity index (χ1v) is 13.5. The minimum atomic E-state index is -0.901. The molecular formula is C28H40N10O3. The number of nitrogens with zero attached hydrogens (tertiary/aromatic N) is 7. The molecule has 220 valence electrons. The average molecular weight is 565 g/mol. The second-order valence-electron chi connectivity index (χ2n) is 9.42. The second-order valence-corrected chi connectivity index (χ2v) is 9.42. The minimum Gasteiger partial charge on any atom is -0.341 e. The van der Waals surface area contributed by atoms with Crippen LogP contribution in [0.5, 0.6) is 0 Å². The molecular weight excluding hydrogens is 524 g/mol. The molecule has 2 aliphatic rings. The van der Waals surface area contributed by atoms with Gasteiger partial charge in [0.2, 0.25) is 12.3 Å². The highest BCUT2D eigenvalue weighted by Crippen LogP contribution is 2.44. The third-order valence-corrected chi connectivity index (χ3v) is 6.60. The summed E-state index contributed by atoms with van der Waals surface area (Å²) in [5.41, 5.74) is 6.02. The van der Waals surface area contributed by atoms with Gasteiger partial charge in [-0.25, -0.2) is 10.4 Å². The van der Waals surface area contributed by atoms with Crippen LogP contribution in [-0.4, -0.2) is 96.9 Å². The predicted octanol–water partition coefficient (Wildman–Crippen LogP) is 1.46. The molecule has 3 rings (SSSR count). The van der Waals surface area contributed by atoms with Crippen LogP contribution in [0, 0.1) is 23.2 Å². The molecule has 1 aromatic rings. The van der Waals surface area contributed by atoms with E-state index in [4.69, 9.17) is 5.26 Å². The molecule has 1 aliphatic carbocycles. The Morgan fingerprint density at radius 3 is 2.66 bits per heavy atom. The van der Waals surface area contributed by atoms with Gasteiger partial charge in [-0.15, -0.1) is 0 Å². The van der Waals surface area contributed by atoms with Crippen molar-refractivity contribution in [3.8, 4) is 6.07 Å². The number of pyridine rings is 1. The lowest BCUT2D eigenvalue weighted by Gasteiger charge is -2.32. The van der Waals surface area contributed by atoms with Gasteiger partial charge in [0, 0.05) is 38.1 Å². The van der Waals surface area contributed by atoms with Gasteiger partial charge >= 0.3 is 0 Å². The highest BCUT2D eigenvalue weighted by molar-refractivity contribution is 6.09. The number of rotatable bonds is 15. The summed E-state index contributed by atoms with van der Waals surface area (Å²) in [4.78, 5) is 54.3. The number of hydrazine groups is 1. The summed E-state index contributed by atoms with van der Waals surface area (Å²) in [6.07, 6.45) is 5.02. The number of likely N-dealkylation sites (tertiary alicyclic amines) is 1. The van der Waals surface area contributed by atoms with Crippen LogP contribution in [0.25, 0.3) is 5.57 Å². The van der Waals surface area contributed by atoms with Crippen LogP contribution in [-0.2, 0) is 14.4 Å². The minimum absolute atomic E-state index is 0.0360. The molecule has 1 aliphatic heterocycles. The molecule has 2 fully saturated rings. The van der Waals surface area contributed by atoms with Gasteiger partial charge < -0.3 is 15.1 Å². The summed E-state index contributed by atoms with van der Waals surface area (Å²) in [7, 11) is 1.45. The first kappa shape index (κ1) is 32.8. The number of likely N-dealkylation sites (N-methyl/N-ethyl adjacent to an activating group) is 1. The van der Waals surface area contributed by atoms with Crippen LogP contribution in [0.1, 0.15) is 32.9 Å². The number of hydrogen-bond acceptors (Lipinski definition) is 10. The van der Waals surface area contributed by atoms with Crippen molar-refractivity contribution >= 4 is 42.5 Å². The van der Waals surface area contributed by atoms with E-state index in [2.05, 4.69) is 49.3 Å². The molecule has 0 radical (unpaired) electrons. The number of anilines is 1. The molecule has 0 spiro atoms. The summed E-state index contributed by atoms with van der Waals surface area (Å²) in [6.45, 7) is 15.4. The number of amides is 3. The van der Waals surface area contributed by atoms with E-state index in [0.29, 0.717) is 24.3 Å². The topological polar surface area (TPSA) is 158 Å². The number of aliphatic imine (C=N–C) groups is 2. The van der Waals surface area contributed by atoms with E-state index in [1.165, 1.54) is 23.3 Å². The van der Waals surface area contributed by atoms with E-state index in [1.807, 2.05) is 19.9 Å². The van der Waals surface area contributed by atoms with Crippen molar-refractivity contribution in [2.45, 2.75) is 33.2 Å². The van der Waals surface area contributed by atoms with E-state index in [0.717, 1.165) is 24.9 Å². The second kappa shape index (κ2) is 16.6. The Morgan fingerprint density at radius 1 is 1.32 bits per heavy atom. The number of nitriles is 1. The summed E-state index contributed by atoms with van der Waals surface area (Å²) in [5.74, 6) is 0.927. The quantitative estimate of drug-likeness (QED) is 0.0549. The van der Waals surface area contributed by atoms with Crippen molar-refractivity contribution in [1.82, 2.24) is 30.5 Å². The van der Waals surface area contributed by atoms with E-state index >= 15 is 0 Å². The van der Waals surface area contributed by atoms with Crippen molar-refractivity contribution in [3.63, 3.8) is 0 Å². The van der Waals surface area contributed by atoms with Gasteiger partial charge in [0.15, 0.2) is 0 Å². The zero-order chi connectivity index (χ0) is 30.4. The maximum Gasteiger partial charge on any atom is 0.270 e. The van der Waals surface area contributed by atoms with E-state index in [1.54, 1.807) is 37.5 Å². The molecule has 3 unspecified atom stereocenters. The van der Waals surface area contributed by atoms with Gasteiger partial charge in [0.05, 0.1) is 30.8 Å². The molecule has 0 bridgehead atoms. The lowest BCUT2D eigenvalue weighted by atomic mass is 10.2. The van der Waals surface area contributed by atoms with Crippen LogP contribution in [0.15, 0.2) is 46.7 Å². The Balaban J connectivity index is 0.00000287. The lowest BCUT2D eigenvalue weighted by Crippen LogP contribution is -2.51. The molecule has 41 heavy (non-hydrogen) atoms. The predicted molar refractivity (Wildman–Crippen MR) is 159 cm³/mol. The van der Waals surface area contributed by atoms with Gasteiger partial charge in [-0.3, -0.25) is 34.7 Å². The van der Waals surface area contributed by atoms with Gasteiger partial charge in [0.1, 0.15) is 18.4 Å². The summed E-state index contributed by atoms with van der Waals surface area (Å²) in [5, 5.41) is 11.7. The molecule has 3 atom stereocenters. The molecule has 3 N–H and O–H groups in total. The number of fused-ring (bicyclic) bond motifs is 1. The van der Waals surface area contributed by atoms with Crippen molar-refractivity contribution in [3.05, 3.63) is 42.4 Å². The maximum atomic E-state index is 13.2. The fourth-order valence-corrected chi connectivity index (χ4v) is 4.33. The third-order valence-electron chi connectivity index (χ3n) is 6.60. The Labute approximate surface area is 241 Å². The molecule has 2 heterocycles. The van der Waals surface area contributed by atoms with Crippen molar-refractivity contribution in [2.75, 3.05) is 45.3 Å². The largest absolute Gasteiger partial charge is 0.341 e. The van der Waals surface area contributed by atoms with E-state index < -0.39 is 17.9 Å². The Kier molecular flexibility index (Phi) is 13.3. The number of carbonyl (C=O) groups is 3. The monoisotopic (exact) mass is 564 g/mol. The number of hydrogen-bond donors (Lipinski definition) is 3. The maximum absolute atomic E-state index is 13.2. The van der Waals surface area contributed by atoms with Crippen LogP contribution in [0.3, 0.4) is 0 Å². The molecule has 3 amide bonds. The van der Waals surface area contributed by atoms with Gasteiger partial charge in [-0.2, -0.15) is 5.26 Å². The van der Waals surface area contributed by atoms with Crippen LogP contribution in [0.4, 0.5) is 5.82 Å². The molecule has 13 nitrogen and oxygen atoms in total. The fraction of sp³-hybridized carbons (Fsp3) is 0.464. The third kappa shape index (κ3) is 9.63. The van der Waals surface area contributed by atoms with Crippen molar-refractivity contribution in [2.24, 2.45) is 21.8 Å². The van der Waals surface area contributed by atoms with Crippen LogP contribution in [0.2, 0.25) is 0 Å². The number of carbonyl (C=O) groups excluding carboxylic acids is 3. The smallest absolute Gasteiger partial charge is 0.270 e.